The zero-order chi connectivity index (χ0) is 28.4. The van der Waals surface area contributed by atoms with Gasteiger partial charge in [-0.3, -0.25) is 4.79 Å². The molecule has 1 heterocycles. The molecule has 0 aromatic rings. The number of ether oxygens (including phenoxy) is 4. The fraction of sp³-hybridized carbons (Fsp3) is 0.935. The molecular formula is C31H60N2O6. The molecule has 39 heavy (non-hydrogen) atoms. The second kappa shape index (κ2) is 25.6. The van der Waals surface area contributed by atoms with Crippen LogP contribution in [0.5, 0.6) is 0 Å². The molecule has 0 aliphatic carbocycles. The third kappa shape index (κ3) is 22.0. The Labute approximate surface area is 239 Å². The lowest BCUT2D eigenvalue weighted by molar-refractivity contribution is -0.160. The molecule has 1 aliphatic rings. The highest BCUT2D eigenvalue weighted by molar-refractivity contribution is 5.69. The van der Waals surface area contributed by atoms with Crippen LogP contribution in [-0.2, 0) is 23.7 Å². The van der Waals surface area contributed by atoms with Crippen LogP contribution < -0.4 is 5.32 Å². The number of nitrogens with zero attached hydrogens (tertiary/aromatic N) is 1. The van der Waals surface area contributed by atoms with Gasteiger partial charge in [0.2, 0.25) is 0 Å². The van der Waals surface area contributed by atoms with Gasteiger partial charge in [-0.15, -0.1) is 0 Å². The van der Waals surface area contributed by atoms with Gasteiger partial charge in [0, 0.05) is 38.6 Å². The van der Waals surface area contributed by atoms with Crippen LogP contribution in [-0.4, -0.2) is 75.9 Å². The Morgan fingerprint density at radius 2 is 1.31 bits per heavy atom. The van der Waals surface area contributed by atoms with Gasteiger partial charge in [0.15, 0.2) is 6.29 Å². The van der Waals surface area contributed by atoms with Gasteiger partial charge in [-0.2, -0.15) is 0 Å². The number of alkyl carbamates (subject to hydrolysis) is 1. The number of nitrogens with one attached hydrogen (secondary N) is 1. The molecule has 1 amide bonds. The number of carbonyl (C=O) groups excluding carboxylic acids is 2. The summed E-state index contributed by atoms with van der Waals surface area (Å²) in [6, 6.07) is 0. The van der Waals surface area contributed by atoms with E-state index in [-0.39, 0.29) is 37.8 Å². The Balaban J connectivity index is 2.19. The van der Waals surface area contributed by atoms with Crippen LogP contribution in [0.25, 0.3) is 0 Å². The van der Waals surface area contributed by atoms with Gasteiger partial charge in [-0.25, -0.2) is 4.79 Å². The van der Waals surface area contributed by atoms with E-state index in [9.17, 15) is 9.59 Å². The van der Waals surface area contributed by atoms with Crippen LogP contribution in [0.1, 0.15) is 124 Å². The predicted molar refractivity (Wildman–Crippen MR) is 157 cm³/mol. The van der Waals surface area contributed by atoms with Crippen molar-refractivity contribution in [3.8, 4) is 0 Å². The van der Waals surface area contributed by atoms with E-state index in [0.717, 1.165) is 32.5 Å². The Morgan fingerprint density at radius 3 is 1.90 bits per heavy atom. The normalized spacial score (nSPS) is 14.6. The second-order valence-corrected chi connectivity index (χ2v) is 11.1. The molecule has 1 fully saturated rings. The largest absolute Gasteiger partial charge is 0.465 e. The molecule has 0 bridgehead atoms. The lowest BCUT2D eigenvalue weighted by Crippen LogP contribution is -2.34. The topological polar surface area (TPSA) is 86.3 Å². The van der Waals surface area contributed by atoms with E-state index in [0.29, 0.717) is 26.2 Å². The first-order chi connectivity index (χ1) is 19.0. The first-order valence-corrected chi connectivity index (χ1v) is 16.1. The Morgan fingerprint density at radius 1 is 0.769 bits per heavy atom. The molecule has 0 spiro atoms. The number of carbonyl (C=O) groups is 2. The summed E-state index contributed by atoms with van der Waals surface area (Å²) in [4.78, 5) is 26.6. The SMILES string of the molecule is CCCCCCCCOC(CCC(=O)OCC(C)COC(=O)NCCN1CCCC1)OCCCCCCCC. The van der Waals surface area contributed by atoms with Crippen molar-refractivity contribution < 1.29 is 28.5 Å². The third-order valence-electron chi connectivity index (χ3n) is 7.11. The third-order valence-corrected chi connectivity index (χ3v) is 7.11. The van der Waals surface area contributed by atoms with Crippen molar-refractivity contribution in [3.05, 3.63) is 0 Å². The van der Waals surface area contributed by atoms with Crippen molar-refractivity contribution in [1.29, 1.82) is 0 Å². The van der Waals surface area contributed by atoms with E-state index in [1.807, 2.05) is 6.92 Å². The second-order valence-electron chi connectivity index (χ2n) is 11.1. The van der Waals surface area contributed by atoms with Crippen LogP contribution >= 0.6 is 0 Å². The maximum atomic E-state index is 12.4. The summed E-state index contributed by atoms with van der Waals surface area (Å²) in [7, 11) is 0. The average Bonchev–Trinajstić information content (AvgIpc) is 3.45. The van der Waals surface area contributed by atoms with Gasteiger partial charge in [0.25, 0.3) is 0 Å². The highest BCUT2D eigenvalue weighted by Gasteiger charge is 2.16. The Kier molecular flexibility index (Phi) is 23.4. The average molecular weight is 557 g/mol. The van der Waals surface area contributed by atoms with Crippen LogP contribution in [0.15, 0.2) is 0 Å². The van der Waals surface area contributed by atoms with Crippen molar-refractivity contribution in [3.63, 3.8) is 0 Å². The molecule has 1 saturated heterocycles. The van der Waals surface area contributed by atoms with Crippen molar-refractivity contribution >= 4 is 12.1 Å². The summed E-state index contributed by atoms with van der Waals surface area (Å²) < 4.78 is 22.7. The summed E-state index contributed by atoms with van der Waals surface area (Å²) in [5.41, 5.74) is 0. The van der Waals surface area contributed by atoms with Crippen LogP contribution in [0.3, 0.4) is 0 Å². The van der Waals surface area contributed by atoms with Gasteiger partial charge in [-0.1, -0.05) is 85.0 Å². The Bertz CT molecular complexity index is 567. The maximum Gasteiger partial charge on any atom is 0.407 e. The van der Waals surface area contributed by atoms with Crippen LogP contribution in [0.4, 0.5) is 4.79 Å². The molecule has 1 rings (SSSR count). The molecular weight excluding hydrogens is 496 g/mol. The van der Waals surface area contributed by atoms with E-state index < -0.39 is 6.09 Å². The summed E-state index contributed by atoms with van der Waals surface area (Å²) in [6.07, 6.45) is 17.0. The quantitative estimate of drug-likeness (QED) is 0.0708. The van der Waals surface area contributed by atoms with Crippen molar-refractivity contribution in [2.24, 2.45) is 5.92 Å². The van der Waals surface area contributed by atoms with E-state index >= 15 is 0 Å². The summed E-state index contributed by atoms with van der Waals surface area (Å²) in [5.74, 6) is -0.338. The molecule has 1 aliphatic heterocycles. The number of likely N-dealkylation sites (tertiary alicyclic amines) is 1. The lowest BCUT2D eigenvalue weighted by Gasteiger charge is -2.19. The number of hydrogen-bond acceptors (Lipinski definition) is 7. The molecule has 1 unspecified atom stereocenters. The van der Waals surface area contributed by atoms with Crippen LogP contribution in [0, 0.1) is 5.92 Å². The highest BCUT2D eigenvalue weighted by atomic mass is 16.7. The number of amides is 1. The first kappa shape index (κ1) is 35.6. The smallest absolute Gasteiger partial charge is 0.407 e. The number of rotatable bonds is 26. The highest BCUT2D eigenvalue weighted by Crippen LogP contribution is 2.12. The molecule has 8 heteroatoms. The predicted octanol–water partition coefficient (Wildman–Crippen LogP) is 6.85. The molecule has 0 aromatic carbocycles. The summed E-state index contributed by atoms with van der Waals surface area (Å²) >= 11 is 0. The van der Waals surface area contributed by atoms with E-state index in [4.69, 9.17) is 18.9 Å². The number of unbranched alkanes of at least 4 members (excludes halogenated alkanes) is 10. The van der Waals surface area contributed by atoms with Crippen molar-refractivity contribution in [2.45, 2.75) is 130 Å². The zero-order valence-electron chi connectivity index (χ0n) is 25.5. The van der Waals surface area contributed by atoms with Crippen LogP contribution in [0.2, 0.25) is 0 Å². The molecule has 1 atom stereocenters. The number of esters is 1. The molecule has 0 radical (unpaired) electrons. The lowest BCUT2D eigenvalue weighted by atomic mass is 10.1. The fourth-order valence-corrected chi connectivity index (χ4v) is 4.59. The van der Waals surface area contributed by atoms with E-state index in [1.54, 1.807) is 0 Å². The van der Waals surface area contributed by atoms with Crippen molar-refractivity contribution in [2.75, 3.05) is 52.6 Å². The maximum absolute atomic E-state index is 12.4. The minimum Gasteiger partial charge on any atom is -0.465 e. The molecule has 230 valence electrons. The molecule has 8 nitrogen and oxygen atoms in total. The van der Waals surface area contributed by atoms with Gasteiger partial charge in [-0.05, 0) is 38.8 Å². The zero-order valence-corrected chi connectivity index (χ0v) is 25.5. The molecule has 0 aromatic heterocycles. The molecule has 1 N–H and O–H groups in total. The van der Waals surface area contributed by atoms with Gasteiger partial charge >= 0.3 is 12.1 Å². The minimum atomic E-state index is -0.416. The van der Waals surface area contributed by atoms with Gasteiger partial charge in [0.05, 0.1) is 19.6 Å². The summed E-state index contributed by atoms with van der Waals surface area (Å²) in [5, 5.41) is 2.79. The monoisotopic (exact) mass is 556 g/mol. The minimum absolute atomic E-state index is 0.0676. The fourth-order valence-electron chi connectivity index (χ4n) is 4.59. The van der Waals surface area contributed by atoms with Crippen molar-refractivity contribution in [1.82, 2.24) is 10.2 Å². The standard InChI is InChI=1S/C31H60N2O6/c1-4-6-8-10-12-16-24-36-30(37-25-17-13-11-9-7-5-2)19-18-29(34)38-26-28(3)27-39-31(35)32-20-23-33-21-14-15-22-33/h28,30H,4-27H2,1-3H3,(H,32,35). The van der Waals surface area contributed by atoms with E-state index in [2.05, 4.69) is 24.1 Å². The Hall–Kier alpha value is -1.38. The van der Waals surface area contributed by atoms with Gasteiger partial charge in [0.1, 0.15) is 0 Å². The molecule has 0 saturated carbocycles. The van der Waals surface area contributed by atoms with Gasteiger partial charge < -0.3 is 29.2 Å². The number of hydrogen-bond donors (Lipinski definition) is 1. The first-order valence-electron chi connectivity index (χ1n) is 16.1. The summed E-state index contributed by atoms with van der Waals surface area (Å²) in [6.45, 7) is 11.8. The van der Waals surface area contributed by atoms with E-state index in [1.165, 1.54) is 77.0 Å².